The Balaban J connectivity index is 2.24. The van der Waals surface area contributed by atoms with Gasteiger partial charge in [0.05, 0.1) is 5.69 Å². The Kier molecular flexibility index (Phi) is 3.53. The maximum Gasteiger partial charge on any atom is 0.263 e. The average Bonchev–Trinajstić information content (AvgIpc) is 3.11. The molecule has 1 heterocycles. The van der Waals surface area contributed by atoms with Crippen LogP contribution in [0, 0.1) is 11.3 Å². The Morgan fingerprint density at radius 1 is 1.67 bits per heavy atom. The van der Waals surface area contributed by atoms with Gasteiger partial charge in [0.15, 0.2) is 0 Å². The number of nitrogens with one attached hydrogen (secondary N) is 2. The van der Waals surface area contributed by atoms with Gasteiger partial charge in [-0.05, 0) is 12.8 Å². The average molecular weight is 262 g/mol. The number of nitrogen functional groups attached to an aromatic ring is 1. The molecule has 1 amide bonds. The quantitative estimate of drug-likeness (QED) is 0.704. The summed E-state index contributed by atoms with van der Waals surface area (Å²) < 4.78 is 0. The topological polar surface area (TPSA) is 90.9 Å². The molecule has 0 saturated heterocycles. The number of thiophene rings is 1. The second-order valence-electron chi connectivity index (χ2n) is 4.08. The van der Waals surface area contributed by atoms with Crippen LogP contribution in [0.1, 0.15) is 28.1 Å². The van der Waals surface area contributed by atoms with Gasteiger partial charge in [0, 0.05) is 12.6 Å². The molecule has 1 aromatic heterocycles. The first kappa shape index (κ1) is 12.5. The summed E-state index contributed by atoms with van der Waals surface area (Å²) >= 11 is 1.23. The molecule has 1 fully saturated rings. The Hall–Kier alpha value is -2.00. The van der Waals surface area contributed by atoms with Crippen molar-refractivity contribution in [2.45, 2.75) is 18.9 Å². The first-order valence-electron chi connectivity index (χ1n) is 5.65. The predicted octanol–water partition coefficient (Wildman–Crippen LogP) is 1.69. The largest absolute Gasteiger partial charge is 0.396 e. The van der Waals surface area contributed by atoms with Crippen molar-refractivity contribution in [3.05, 3.63) is 23.1 Å². The number of carbonyl (C=O) groups excluding carboxylic acids is 1. The fourth-order valence-electron chi connectivity index (χ4n) is 1.48. The summed E-state index contributed by atoms with van der Waals surface area (Å²) in [7, 11) is 0. The van der Waals surface area contributed by atoms with Crippen molar-refractivity contribution < 1.29 is 4.79 Å². The smallest absolute Gasteiger partial charge is 0.263 e. The van der Waals surface area contributed by atoms with E-state index in [0.717, 1.165) is 12.8 Å². The third-order valence-corrected chi connectivity index (χ3v) is 3.72. The Morgan fingerprint density at radius 2 is 2.39 bits per heavy atom. The Bertz CT molecular complexity index is 525. The van der Waals surface area contributed by atoms with Crippen molar-refractivity contribution in [2.24, 2.45) is 0 Å². The molecule has 6 heteroatoms. The van der Waals surface area contributed by atoms with Gasteiger partial charge >= 0.3 is 0 Å². The van der Waals surface area contributed by atoms with Gasteiger partial charge in [-0.25, -0.2) is 0 Å². The van der Waals surface area contributed by atoms with Crippen LogP contribution < -0.4 is 16.4 Å². The molecule has 2 rings (SSSR count). The van der Waals surface area contributed by atoms with Crippen LogP contribution in [0.2, 0.25) is 0 Å². The zero-order valence-corrected chi connectivity index (χ0v) is 10.6. The molecule has 0 unspecified atom stereocenters. The fourth-order valence-corrected chi connectivity index (χ4v) is 2.55. The van der Waals surface area contributed by atoms with E-state index in [1.165, 1.54) is 11.3 Å². The monoisotopic (exact) mass is 262 g/mol. The first-order chi connectivity index (χ1) is 8.67. The number of hydrogen-bond donors (Lipinski definition) is 3. The summed E-state index contributed by atoms with van der Waals surface area (Å²) in [5.74, 6) is -0.266. The van der Waals surface area contributed by atoms with E-state index in [1.54, 1.807) is 6.08 Å². The molecule has 1 saturated carbocycles. The molecule has 5 nitrogen and oxygen atoms in total. The fraction of sp³-hybridized carbons (Fsp3) is 0.333. The molecule has 1 aromatic rings. The van der Waals surface area contributed by atoms with E-state index >= 15 is 0 Å². The van der Waals surface area contributed by atoms with Gasteiger partial charge < -0.3 is 16.4 Å². The minimum absolute atomic E-state index is 0.257. The van der Waals surface area contributed by atoms with E-state index in [-0.39, 0.29) is 11.6 Å². The van der Waals surface area contributed by atoms with Crippen molar-refractivity contribution in [1.29, 1.82) is 5.26 Å². The molecular formula is C12H14N4OS. The maximum atomic E-state index is 11.8. The van der Waals surface area contributed by atoms with Crippen LogP contribution in [0.3, 0.4) is 0 Å². The number of carbonyl (C=O) groups is 1. The van der Waals surface area contributed by atoms with Crippen LogP contribution in [0.15, 0.2) is 12.7 Å². The first-order valence-corrected chi connectivity index (χ1v) is 6.47. The number of nitriles is 1. The molecule has 0 radical (unpaired) electrons. The molecule has 0 aromatic carbocycles. The molecular weight excluding hydrogens is 248 g/mol. The van der Waals surface area contributed by atoms with E-state index in [1.807, 2.05) is 0 Å². The van der Waals surface area contributed by atoms with Gasteiger partial charge in [-0.1, -0.05) is 6.08 Å². The number of hydrogen-bond acceptors (Lipinski definition) is 5. The van der Waals surface area contributed by atoms with Gasteiger partial charge in [-0.15, -0.1) is 17.9 Å². The zero-order chi connectivity index (χ0) is 13.1. The highest BCUT2D eigenvalue weighted by atomic mass is 32.1. The SMILES string of the molecule is C=CCNC(=O)c1sc(NC2CC2)c(C#N)c1N. The highest BCUT2D eigenvalue weighted by Gasteiger charge is 2.26. The van der Waals surface area contributed by atoms with Gasteiger partial charge in [-0.2, -0.15) is 5.26 Å². The zero-order valence-electron chi connectivity index (χ0n) is 9.82. The molecule has 0 bridgehead atoms. The second-order valence-corrected chi connectivity index (χ2v) is 5.10. The lowest BCUT2D eigenvalue weighted by Gasteiger charge is -1.99. The van der Waals surface area contributed by atoms with Crippen LogP contribution in [-0.2, 0) is 0 Å². The summed E-state index contributed by atoms with van der Waals surface area (Å²) in [4.78, 5) is 12.2. The summed E-state index contributed by atoms with van der Waals surface area (Å²) in [6, 6.07) is 2.47. The predicted molar refractivity (Wildman–Crippen MR) is 72.6 cm³/mol. The van der Waals surface area contributed by atoms with Gasteiger partial charge in [0.1, 0.15) is 21.5 Å². The molecule has 94 valence electrons. The minimum atomic E-state index is -0.266. The summed E-state index contributed by atoms with van der Waals surface area (Å²) in [5.41, 5.74) is 6.47. The van der Waals surface area contributed by atoms with Crippen LogP contribution in [0.5, 0.6) is 0 Å². The maximum absolute atomic E-state index is 11.8. The Labute approximate surface area is 109 Å². The van der Waals surface area contributed by atoms with Crippen molar-refractivity contribution in [3.8, 4) is 6.07 Å². The van der Waals surface area contributed by atoms with E-state index in [4.69, 9.17) is 11.0 Å². The van der Waals surface area contributed by atoms with Crippen LogP contribution >= 0.6 is 11.3 Å². The van der Waals surface area contributed by atoms with E-state index in [9.17, 15) is 4.79 Å². The molecule has 1 aliphatic carbocycles. The van der Waals surface area contributed by atoms with Crippen molar-refractivity contribution in [3.63, 3.8) is 0 Å². The third kappa shape index (κ3) is 2.46. The van der Waals surface area contributed by atoms with Crippen molar-refractivity contribution in [1.82, 2.24) is 5.32 Å². The van der Waals surface area contributed by atoms with Crippen LogP contribution in [0.25, 0.3) is 0 Å². The Morgan fingerprint density at radius 3 is 2.94 bits per heavy atom. The molecule has 0 spiro atoms. The highest BCUT2D eigenvalue weighted by Crippen LogP contribution is 2.38. The normalized spacial score (nSPS) is 13.7. The van der Waals surface area contributed by atoms with Crippen LogP contribution in [-0.4, -0.2) is 18.5 Å². The van der Waals surface area contributed by atoms with E-state index in [0.29, 0.717) is 28.0 Å². The van der Waals surface area contributed by atoms with E-state index < -0.39 is 0 Å². The van der Waals surface area contributed by atoms with E-state index in [2.05, 4.69) is 23.3 Å². The molecule has 4 N–H and O–H groups in total. The molecule has 18 heavy (non-hydrogen) atoms. The second kappa shape index (κ2) is 5.10. The molecule has 0 aliphatic heterocycles. The molecule has 0 atom stereocenters. The number of anilines is 2. The lowest BCUT2D eigenvalue weighted by Crippen LogP contribution is -2.23. The number of nitrogens with two attached hydrogens (primary N) is 1. The number of rotatable bonds is 5. The summed E-state index contributed by atoms with van der Waals surface area (Å²) in [6.07, 6.45) is 3.79. The van der Waals surface area contributed by atoms with Gasteiger partial charge in [-0.3, -0.25) is 4.79 Å². The van der Waals surface area contributed by atoms with Gasteiger partial charge in [0.2, 0.25) is 0 Å². The van der Waals surface area contributed by atoms with Gasteiger partial charge in [0.25, 0.3) is 5.91 Å². The minimum Gasteiger partial charge on any atom is -0.396 e. The van der Waals surface area contributed by atoms with Crippen molar-refractivity contribution >= 4 is 27.9 Å². The third-order valence-electron chi connectivity index (χ3n) is 2.58. The number of nitrogens with zero attached hydrogens (tertiary/aromatic N) is 1. The molecule has 1 aliphatic rings. The lowest BCUT2D eigenvalue weighted by molar-refractivity contribution is 0.0963. The lowest BCUT2D eigenvalue weighted by atomic mass is 10.2. The summed E-state index contributed by atoms with van der Waals surface area (Å²) in [6.45, 7) is 3.91. The highest BCUT2D eigenvalue weighted by molar-refractivity contribution is 7.19. The summed E-state index contributed by atoms with van der Waals surface area (Å²) in [5, 5.41) is 15.7. The standard InChI is InChI=1S/C12H14N4OS/c1-2-5-15-11(17)10-9(14)8(6-13)12(18-10)16-7-3-4-7/h2,7,16H,1,3-5,14H2,(H,15,17). The number of amides is 1. The van der Waals surface area contributed by atoms with Crippen LogP contribution in [0.4, 0.5) is 10.7 Å². The van der Waals surface area contributed by atoms with Crippen molar-refractivity contribution in [2.75, 3.05) is 17.6 Å².